The van der Waals surface area contributed by atoms with Crippen LogP contribution in [0, 0.1) is 11.8 Å². The lowest BCUT2D eigenvalue weighted by molar-refractivity contribution is -0.131. The highest BCUT2D eigenvalue weighted by atomic mass is 16.5. The first kappa shape index (κ1) is 18.4. The van der Waals surface area contributed by atoms with Crippen LogP contribution in [0.25, 0.3) is 10.9 Å². The third-order valence-electron chi connectivity index (χ3n) is 6.84. The van der Waals surface area contributed by atoms with Gasteiger partial charge in [0.1, 0.15) is 5.60 Å². The lowest BCUT2D eigenvalue weighted by atomic mass is 9.77. The second-order valence-electron chi connectivity index (χ2n) is 8.56. The zero-order chi connectivity index (χ0) is 21.0. The molecule has 0 unspecified atom stereocenters. The molecular formula is C25H23N3O3. The second kappa shape index (κ2) is 6.82. The highest BCUT2D eigenvalue weighted by Gasteiger charge is 2.66. The molecule has 6 rings (SSSR count). The van der Waals surface area contributed by atoms with Crippen molar-refractivity contribution in [3.8, 4) is 0 Å². The number of aromatic amines is 1. The second-order valence-corrected chi connectivity index (χ2v) is 8.56. The first-order valence-corrected chi connectivity index (χ1v) is 10.7. The number of aromatic nitrogens is 1. The molecule has 0 saturated carbocycles. The number of amides is 2. The largest absolute Gasteiger partial charge is 0.361 e. The number of rotatable bonds is 5. The lowest BCUT2D eigenvalue weighted by Gasteiger charge is -2.23. The maximum atomic E-state index is 13.3. The summed E-state index contributed by atoms with van der Waals surface area (Å²) in [4.78, 5) is 31.5. The number of hydrogen-bond donors (Lipinski definition) is 2. The van der Waals surface area contributed by atoms with E-state index in [2.05, 4.69) is 16.4 Å². The van der Waals surface area contributed by atoms with Gasteiger partial charge in [0.25, 0.3) is 0 Å². The van der Waals surface area contributed by atoms with Gasteiger partial charge in [-0.15, -0.1) is 0 Å². The Morgan fingerprint density at radius 2 is 1.97 bits per heavy atom. The van der Waals surface area contributed by atoms with Crippen molar-refractivity contribution in [1.29, 1.82) is 0 Å². The maximum absolute atomic E-state index is 13.3. The van der Waals surface area contributed by atoms with Crippen LogP contribution < -0.4 is 10.2 Å². The van der Waals surface area contributed by atoms with Crippen molar-refractivity contribution in [3.63, 3.8) is 0 Å². The van der Waals surface area contributed by atoms with Gasteiger partial charge in [-0.1, -0.05) is 48.6 Å². The minimum Gasteiger partial charge on any atom is -0.361 e. The van der Waals surface area contributed by atoms with Crippen LogP contribution in [0.1, 0.15) is 5.56 Å². The van der Waals surface area contributed by atoms with E-state index in [1.807, 2.05) is 66.9 Å². The quantitative estimate of drug-likeness (QED) is 0.632. The molecule has 31 heavy (non-hydrogen) atoms. The molecule has 2 fully saturated rings. The summed E-state index contributed by atoms with van der Waals surface area (Å²) in [6.45, 7) is 0.969. The van der Waals surface area contributed by atoms with Gasteiger partial charge >= 0.3 is 0 Å². The Balaban J connectivity index is 1.18. The van der Waals surface area contributed by atoms with Crippen LogP contribution >= 0.6 is 0 Å². The highest BCUT2D eigenvalue weighted by molar-refractivity contribution is 6.03. The Morgan fingerprint density at radius 3 is 2.84 bits per heavy atom. The number of carbonyl (C=O) groups excluding carboxylic acids is 2. The van der Waals surface area contributed by atoms with Crippen LogP contribution in [-0.4, -0.2) is 41.6 Å². The number of nitrogens with zero attached hydrogens (tertiary/aromatic N) is 1. The number of H-pyrrole nitrogens is 1. The molecule has 3 aliphatic heterocycles. The molecule has 156 valence electrons. The SMILES string of the molecule is O=C(NCCc1c[nH]c2ccccc12)[C@@H]1[C@H]2C=C[C@]3(CN(c4ccccc4)C(=O)[C@@H]13)O2. The van der Waals surface area contributed by atoms with Gasteiger partial charge in [-0.3, -0.25) is 9.59 Å². The van der Waals surface area contributed by atoms with E-state index in [-0.39, 0.29) is 17.9 Å². The van der Waals surface area contributed by atoms with Gasteiger partial charge in [0.2, 0.25) is 11.8 Å². The smallest absolute Gasteiger partial charge is 0.234 e. The molecule has 1 spiro atoms. The van der Waals surface area contributed by atoms with Gasteiger partial charge in [-0.25, -0.2) is 0 Å². The van der Waals surface area contributed by atoms with Crippen molar-refractivity contribution in [2.24, 2.45) is 11.8 Å². The number of hydrogen-bond acceptors (Lipinski definition) is 3. The Kier molecular flexibility index (Phi) is 4.05. The number of ether oxygens (including phenoxy) is 1. The van der Waals surface area contributed by atoms with Gasteiger partial charge in [0.05, 0.1) is 24.5 Å². The fraction of sp³-hybridized carbons (Fsp3) is 0.280. The Morgan fingerprint density at radius 1 is 1.16 bits per heavy atom. The van der Waals surface area contributed by atoms with Crippen molar-refractivity contribution in [1.82, 2.24) is 10.3 Å². The Labute approximate surface area is 179 Å². The van der Waals surface area contributed by atoms with E-state index in [0.29, 0.717) is 13.1 Å². The molecule has 2 saturated heterocycles. The molecule has 1 aromatic heterocycles. The fourth-order valence-electron chi connectivity index (χ4n) is 5.40. The van der Waals surface area contributed by atoms with E-state index < -0.39 is 17.4 Å². The first-order valence-electron chi connectivity index (χ1n) is 10.7. The fourth-order valence-corrected chi connectivity index (χ4v) is 5.40. The summed E-state index contributed by atoms with van der Waals surface area (Å²) in [5.74, 6) is -1.11. The summed E-state index contributed by atoms with van der Waals surface area (Å²) >= 11 is 0. The number of carbonyl (C=O) groups is 2. The van der Waals surface area contributed by atoms with Crippen LogP contribution in [0.15, 0.2) is 72.9 Å². The van der Waals surface area contributed by atoms with Gasteiger partial charge in [-0.2, -0.15) is 0 Å². The standard InChI is InChI=1S/C25H23N3O3/c29-23(26-13-11-16-14-27-19-9-5-4-8-18(16)19)21-20-10-12-25(31-20)15-28(24(30)22(21)25)17-6-2-1-3-7-17/h1-10,12,14,20-22,27H,11,13,15H2,(H,26,29)/t20-,21-,22-,25-/m1/s1. The molecule has 2 aromatic carbocycles. The molecule has 4 heterocycles. The van der Waals surface area contributed by atoms with E-state index in [4.69, 9.17) is 4.74 Å². The van der Waals surface area contributed by atoms with Gasteiger partial charge < -0.3 is 19.9 Å². The number of nitrogens with one attached hydrogen (secondary N) is 2. The van der Waals surface area contributed by atoms with Crippen LogP contribution in [0.5, 0.6) is 0 Å². The summed E-state index contributed by atoms with van der Waals surface area (Å²) in [5.41, 5.74) is 2.41. The zero-order valence-corrected chi connectivity index (χ0v) is 17.0. The monoisotopic (exact) mass is 413 g/mol. The number of anilines is 1. The third kappa shape index (κ3) is 2.75. The summed E-state index contributed by atoms with van der Waals surface area (Å²) < 4.78 is 6.21. The van der Waals surface area contributed by atoms with Gasteiger partial charge in [0, 0.05) is 29.3 Å². The summed E-state index contributed by atoms with van der Waals surface area (Å²) in [6.07, 6.45) is 6.32. The molecule has 2 bridgehead atoms. The highest BCUT2D eigenvalue weighted by Crippen LogP contribution is 2.52. The van der Waals surface area contributed by atoms with Crippen LogP contribution in [-0.2, 0) is 20.7 Å². The average molecular weight is 413 g/mol. The molecule has 3 aromatic rings. The average Bonchev–Trinajstić information content (AvgIpc) is 3.54. The van der Waals surface area contributed by atoms with E-state index in [0.717, 1.165) is 17.6 Å². The molecular weight excluding hydrogens is 390 g/mol. The van der Waals surface area contributed by atoms with E-state index in [1.165, 1.54) is 10.9 Å². The lowest BCUT2D eigenvalue weighted by Crippen LogP contribution is -2.44. The van der Waals surface area contributed by atoms with E-state index in [1.54, 1.807) is 4.90 Å². The Hall–Kier alpha value is -3.38. The van der Waals surface area contributed by atoms with Crippen molar-refractivity contribution in [3.05, 3.63) is 78.5 Å². The normalized spacial score (nSPS) is 28.5. The van der Waals surface area contributed by atoms with Gasteiger partial charge in [-0.05, 0) is 30.2 Å². The Bertz CT molecular complexity index is 1200. The van der Waals surface area contributed by atoms with Crippen LogP contribution in [0.4, 0.5) is 5.69 Å². The number of fused-ring (bicyclic) bond motifs is 2. The number of benzene rings is 2. The predicted octanol–water partition coefficient (Wildman–Crippen LogP) is 2.81. The van der Waals surface area contributed by atoms with Crippen LogP contribution in [0.2, 0.25) is 0 Å². The molecule has 2 N–H and O–H groups in total. The van der Waals surface area contributed by atoms with Crippen LogP contribution in [0.3, 0.4) is 0 Å². The number of para-hydroxylation sites is 2. The summed E-state index contributed by atoms with van der Waals surface area (Å²) in [6, 6.07) is 17.7. The summed E-state index contributed by atoms with van der Waals surface area (Å²) in [5, 5.41) is 4.23. The molecule has 4 atom stereocenters. The molecule has 3 aliphatic rings. The third-order valence-corrected chi connectivity index (χ3v) is 6.84. The van der Waals surface area contributed by atoms with Crippen molar-refractivity contribution in [2.45, 2.75) is 18.1 Å². The molecule has 0 radical (unpaired) electrons. The van der Waals surface area contributed by atoms with Crippen molar-refractivity contribution < 1.29 is 14.3 Å². The van der Waals surface area contributed by atoms with Gasteiger partial charge in [0.15, 0.2) is 0 Å². The molecule has 6 heteroatoms. The first-order chi connectivity index (χ1) is 15.2. The predicted molar refractivity (Wildman–Crippen MR) is 118 cm³/mol. The maximum Gasteiger partial charge on any atom is 0.234 e. The summed E-state index contributed by atoms with van der Waals surface area (Å²) in [7, 11) is 0. The van der Waals surface area contributed by atoms with Crippen molar-refractivity contribution >= 4 is 28.4 Å². The van der Waals surface area contributed by atoms with Crippen molar-refractivity contribution in [2.75, 3.05) is 18.0 Å². The molecule has 0 aliphatic carbocycles. The minimum absolute atomic E-state index is 0.0326. The molecule has 2 amide bonds. The van der Waals surface area contributed by atoms with E-state index >= 15 is 0 Å². The topological polar surface area (TPSA) is 74.4 Å². The zero-order valence-electron chi connectivity index (χ0n) is 17.0. The van der Waals surface area contributed by atoms with E-state index in [9.17, 15) is 9.59 Å². The molecule has 6 nitrogen and oxygen atoms in total. The minimum atomic E-state index is -0.698.